The topological polar surface area (TPSA) is 71.5 Å². The second-order valence-corrected chi connectivity index (χ2v) is 9.23. The van der Waals surface area contributed by atoms with Crippen LogP contribution in [0.15, 0.2) is 6.07 Å². The lowest BCUT2D eigenvalue weighted by Gasteiger charge is -2.34. The van der Waals surface area contributed by atoms with E-state index in [1.54, 1.807) is 6.07 Å². The molecule has 0 bridgehead atoms. The van der Waals surface area contributed by atoms with Crippen molar-refractivity contribution in [2.75, 3.05) is 25.6 Å². The third-order valence-corrected chi connectivity index (χ3v) is 7.36. The van der Waals surface area contributed by atoms with Gasteiger partial charge in [0.2, 0.25) is 0 Å². The molecule has 1 amide bonds. The van der Waals surface area contributed by atoms with E-state index in [1.165, 1.54) is 29.1 Å². The lowest BCUT2D eigenvalue weighted by Crippen LogP contribution is -2.45. The minimum absolute atomic E-state index is 0.172. The van der Waals surface area contributed by atoms with Crippen molar-refractivity contribution in [2.45, 2.75) is 39.2 Å². The predicted molar refractivity (Wildman–Crippen MR) is 106 cm³/mol. The molecule has 8 heteroatoms. The normalized spacial score (nSPS) is 23.0. The fourth-order valence-electron chi connectivity index (χ4n) is 3.25. The molecule has 3 rings (SSSR count). The number of carbonyl (C=O) groups is 2. The lowest BCUT2D eigenvalue weighted by molar-refractivity contribution is -0.125. The van der Waals surface area contributed by atoms with Crippen LogP contribution >= 0.6 is 22.7 Å². The van der Waals surface area contributed by atoms with Gasteiger partial charge < -0.3 is 15.0 Å². The summed E-state index contributed by atoms with van der Waals surface area (Å²) < 4.78 is 6.15. The summed E-state index contributed by atoms with van der Waals surface area (Å²) in [4.78, 5) is 32.1. The number of aromatic nitrogens is 1. The van der Waals surface area contributed by atoms with Crippen LogP contribution < -0.4 is 10.2 Å². The summed E-state index contributed by atoms with van der Waals surface area (Å²) in [6.45, 7) is 4.16. The fraction of sp³-hybridized carbons (Fsp3) is 0.611. The minimum Gasteiger partial charge on any atom is -0.451 e. The molecule has 6 nitrogen and oxygen atoms in total. The number of nitrogens with one attached hydrogen (secondary N) is 1. The summed E-state index contributed by atoms with van der Waals surface area (Å²) in [5, 5.41) is 3.92. The molecule has 142 valence electrons. The Morgan fingerprint density at radius 3 is 2.77 bits per heavy atom. The highest BCUT2D eigenvalue weighted by Gasteiger charge is 2.28. The molecule has 0 radical (unpaired) electrons. The molecule has 0 spiro atoms. The molecule has 26 heavy (non-hydrogen) atoms. The highest BCUT2D eigenvalue weighted by molar-refractivity contribution is 7.29. The maximum absolute atomic E-state index is 12.2. The van der Waals surface area contributed by atoms with E-state index in [0.717, 1.165) is 27.5 Å². The van der Waals surface area contributed by atoms with E-state index in [4.69, 9.17) is 4.74 Å². The van der Waals surface area contributed by atoms with Gasteiger partial charge in [-0.2, -0.15) is 0 Å². The first-order valence-electron chi connectivity index (χ1n) is 8.89. The molecule has 2 aromatic heterocycles. The monoisotopic (exact) mass is 395 g/mol. The van der Waals surface area contributed by atoms with Crippen molar-refractivity contribution >= 4 is 49.2 Å². The smallest absolute Gasteiger partial charge is 0.348 e. The molecule has 1 aliphatic rings. The number of hydrogen-bond acceptors (Lipinski definition) is 7. The van der Waals surface area contributed by atoms with Gasteiger partial charge in [0.05, 0.1) is 4.70 Å². The molecule has 0 saturated heterocycles. The second-order valence-electron chi connectivity index (χ2n) is 7.19. The van der Waals surface area contributed by atoms with Gasteiger partial charge in [-0.3, -0.25) is 4.79 Å². The number of hydrogen-bond donors (Lipinski definition) is 1. The highest BCUT2D eigenvalue weighted by atomic mass is 32.1. The average Bonchev–Trinajstić information content (AvgIpc) is 3.16. The predicted octanol–water partition coefficient (Wildman–Crippen LogP) is 3.52. The quantitative estimate of drug-likeness (QED) is 0.784. The van der Waals surface area contributed by atoms with Gasteiger partial charge in [0.15, 0.2) is 11.7 Å². The molecule has 2 heterocycles. The van der Waals surface area contributed by atoms with Gasteiger partial charge in [-0.1, -0.05) is 38.0 Å². The molecule has 0 aliphatic heterocycles. The first-order chi connectivity index (χ1) is 12.3. The number of esters is 1. The number of thiazole rings is 1. The van der Waals surface area contributed by atoms with E-state index < -0.39 is 5.97 Å². The Labute approximate surface area is 161 Å². The first kappa shape index (κ1) is 19.1. The van der Waals surface area contributed by atoms with E-state index in [0.29, 0.717) is 16.7 Å². The number of amides is 1. The van der Waals surface area contributed by atoms with Crippen molar-refractivity contribution in [3.05, 3.63) is 10.9 Å². The van der Waals surface area contributed by atoms with E-state index in [9.17, 15) is 9.59 Å². The Balaban J connectivity index is 1.53. The van der Waals surface area contributed by atoms with Gasteiger partial charge in [-0.15, -0.1) is 11.3 Å². The molecule has 1 aliphatic carbocycles. The summed E-state index contributed by atoms with van der Waals surface area (Å²) in [5.41, 5.74) is 0. The summed E-state index contributed by atoms with van der Waals surface area (Å²) in [6.07, 6.45) is 3.33. The van der Waals surface area contributed by atoms with Crippen LogP contribution in [0.3, 0.4) is 0 Å². The Bertz CT molecular complexity index is 767. The number of anilines is 1. The third kappa shape index (κ3) is 4.17. The zero-order chi connectivity index (χ0) is 18.8. The van der Waals surface area contributed by atoms with Crippen LogP contribution in [0.4, 0.5) is 5.13 Å². The first-order valence-corrected chi connectivity index (χ1v) is 10.5. The van der Waals surface area contributed by atoms with E-state index in [1.807, 2.05) is 19.0 Å². The zero-order valence-corrected chi connectivity index (χ0v) is 17.2. The summed E-state index contributed by atoms with van der Waals surface area (Å²) in [7, 11) is 3.87. The lowest BCUT2D eigenvalue weighted by atomic mass is 9.78. The second kappa shape index (κ2) is 7.92. The summed E-state index contributed by atoms with van der Waals surface area (Å²) >= 11 is 2.83. The van der Waals surface area contributed by atoms with Gasteiger partial charge >= 0.3 is 5.97 Å². The Hall–Kier alpha value is -1.67. The number of rotatable bonds is 5. The van der Waals surface area contributed by atoms with Gasteiger partial charge in [0.1, 0.15) is 9.71 Å². The van der Waals surface area contributed by atoms with E-state index in [2.05, 4.69) is 24.1 Å². The van der Waals surface area contributed by atoms with Gasteiger partial charge in [0.25, 0.3) is 5.91 Å². The van der Waals surface area contributed by atoms with Crippen molar-refractivity contribution in [1.29, 1.82) is 0 Å². The average molecular weight is 396 g/mol. The van der Waals surface area contributed by atoms with Crippen molar-refractivity contribution in [1.82, 2.24) is 10.3 Å². The largest absolute Gasteiger partial charge is 0.451 e. The van der Waals surface area contributed by atoms with Gasteiger partial charge in [0, 0.05) is 20.1 Å². The van der Waals surface area contributed by atoms with Crippen LogP contribution in [-0.4, -0.2) is 43.6 Å². The molecule has 1 saturated carbocycles. The maximum Gasteiger partial charge on any atom is 0.348 e. The van der Waals surface area contributed by atoms with Crippen LogP contribution in [0.5, 0.6) is 0 Å². The van der Waals surface area contributed by atoms with Gasteiger partial charge in [-0.25, -0.2) is 9.78 Å². The molecular weight excluding hydrogens is 370 g/mol. The molecule has 1 fully saturated rings. The van der Waals surface area contributed by atoms with Crippen molar-refractivity contribution < 1.29 is 14.3 Å². The maximum atomic E-state index is 12.2. The number of nitrogens with zero attached hydrogens (tertiary/aromatic N) is 2. The molecular formula is C18H25N3O3S2. The van der Waals surface area contributed by atoms with Gasteiger partial charge in [-0.05, 0) is 24.3 Å². The highest BCUT2D eigenvalue weighted by Crippen LogP contribution is 2.34. The molecule has 1 N–H and O–H groups in total. The number of ether oxygens (including phenoxy) is 1. The van der Waals surface area contributed by atoms with Crippen molar-refractivity contribution in [2.24, 2.45) is 11.8 Å². The Morgan fingerprint density at radius 2 is 2.08 bits per heavy atom. The summed E-state index contributed by atoms with van der Waals surface area (Å²) in [6, 6.07) is 1.96. The number of fused-ring (bicyclic) bond motifs is 1. The number of carbonyl (C=O) groups excluding carboxylic acids is 2. The SMILES string of the molecule is CC1CCCC(NC(=O)COC(=O)c2cc3sc(N(C)C)nc3s2)C1C. The fourth-order valence-corrected chi connectivity index (χ4v) is 5.28. The molecule has 3 atom stereocenters. The molecule has 3 unspecified atom stereocenters. The van der Waals surface area contributed by atoms with E-state index >= 15 is 0 Å². The van der Waals surface area contributed by atoms with Crippen LogP contribution in [0.1, 0.15) is 42.8 Å². The number of thiophene rings is 1. The van der Waals surface area contributed by atoms with Crippen LogP contribution in [0.25, 0.3) is 9.53 Å². The standard InChI is InChI=1S/C18H25N3O3S2/c1-10-6-5-7-12(11(10)2)19-15(22)9-24-17(23)14-8-13-16(25-14)20-18(26-13)21(3)4/h8,10-12H,5-7,9H2,1-4H3,(H,19,22). The molecule has 0 aromatic carbocycles. The van der Waals surface area contributed by atoms with Crippen LogP contribution in [0.2, 0.25) is 0 Å². The van der Waals surface area contributed by atoms with Crippen LogP contribution in [-0.2, 0) is 9.53 Å². The van der Waals surface area contributed by atoms with Crippen molar-refractivity contribution in [3.8, 4) is 0 Å². The zero-order valence-electron chi connectivity index (χ0n) is 15.6. The molecule has 2 aromatic rings. The Morgan fingerprint density at radius 1 is 1.31 bits per heavy atom. The van der Waals surface area contributed by atoms with E-state index in [-0.39, 0.29) is 18.6 Å². The summed E-state index contributed by atoms with van der Waals surface area (Å²) in [5.74, 6) is 0.363. The van der Waals surface area contributed by atoms with Crippen molar-refractivity contribution in [3.63, 3.8) is 0 Å². The third-order valence-electron chi connectivity index (χ3n) is 5.05. The Kier molecular flexibility index (Phi) is 5.82. The van der Waals surface area contributed by atoms with Crippen LogP contribution in [0, 0.1) is 11.8 Å². The minimum atomic E-state index is -0.466.